The fourth-order valence-electron chi connectivity index (χ4n) is 4.27. The van der Waals surface area contributed by atoms with Crippen LogP contribution in [0.3, 0.4) is 0 Å². The largest absolute Gasteiger partial charge is 0.464 e. The molecule has 31 heavy (non-hydrogen) atoms. The number of rotatable bonds is 10. The number of carbonyl (C=O) groups excluding carboxylic acids is 2. The third kappa shape index (κ3) is 6.22. The molecule has 0 bridgehead atoms. The molecule has 7 nitrogen and oxygen atoms in total. The van der Waals surface area contributed by atoms with Crippen molar-refractivity contribution in [2.24, 2.45) is 11.7 Å². The van der Waals surface area contributed by atoms with Gasteiger partial charge in [0.1, 0.15) is 6.04 Å². The fraction of sp³-hybridized carbons (Fsp3) is 0.652. The van der Waals surface area contributed by atoms with E-state index < -0.39 is 6.04 Å². The number of thiol groups is 1. The van der Waals surface area contributed by atoms with Crippen LogP contribution in [-0.4, -0.2) is 66.4 Å². The number of nitrogens with two attached hydrogens (primary N) is 1. The third-order valence-electron chi connectivity index (χ3n) is 6.54. The minimum Gasteiger partial charge on any atom is -0.464 e. The number of esters is 1. The van der Waals surface area contributed by atoms with Gasteiger partial charge in [-0.3, -0.25) is 9.69 Å². The molecule has 4 N–H and O–H groups in total. The molecule has 1 amide bonds. The maximum absolute atomic E-state index is 13.2. The van der Waals surface area contributed by atoms with Crippen LogP contribution in [0.1, 0.15) is 37.8 Å². The van der Waals surface area contributed by atoms with Gasteiger partial charge in [0.2, 0.25) is 5.91 Å². The van der Waals surface area contributed by atoms with E-state index in [9.17, 15) is 9.59 Å². The molecule has 0 spiro atoms. The first-order chi connectivity index (χ1) is 14.9. The Morgan fingerprint density at radius 1 is 1.35 bits per heavy atom. The van der Waals surface area contributed by atoms with Gasteiger partial charge in [0.15, 0.2) is 0 Å². The van der Waals surface area contributed by atoms with Crippen molar-refractivity contribution in [2.75, 3.05) is 25.4 Å². The number of nitrogens with zero attached hydrogens (tertiary/aromatic N) is 1. The Bertz CT molecular complexity index is 762. The van der Waals surface area contributed by atoms with Crippen molar-refractivity contribution < 1.29 is 14.3 Å². The second-order valence-electron chi connectivity index (χ2n) is 8.78. The number of amides is 1. The summed E-state index contributed by atoms with van der Waals surface area (Å²) in [7, 11) is 0. The van der Waals surface area contributed by atoms with Crippen LogP contribution in [0.4, 0.5) is 0 Å². The van der Waals surface area contributed by atoms with Crippen molar-refractivity contribution in [2.45, 2.75) is 63.8 Å². The number of fused-ring (bicyclic) bond motifs is 1. The lowest BCUT2D eigenvalue weighted by atomic mass is 9.91. The van der Waals surface area contributed by atoms with E-state index in [2.05, 4.69) is 54.1 Å². The Morgan fingerprint density at radius 2 is 2.10 bits per heavy atom. The monoisotopic (exact) mass is 448 g/mol. The van der Waals surface area contributed by atoms with Crippen molar-refractivity contribution in [3.63, 3.8) is 0 Å². The van der Waals surface area contributed by atoms with Gasteiger partial charge < -0.3 is 21.1 Å². The molecule has 1 fully saturated rings. The van der Waals surface area contributed by atoms with Crippen LogP contribution >= 0.6 is 12.6 Å². The summed E-state index contributed by atoms with van der Waals surface area (Å²) in [5.74, 6) is 0.613. The summed E-state index contributed by atoms with van der Waals surface area (Å²) in [4.78, 5) is 27.4. The molecule has 2 heterocycles. The molecule has 172 valence electrons. The maximum Gasteiger partial charge on any atom is 0.328 e. The third-order valence-corrected chi connectivity index (χ3v) is 7.01. The second-order valence-corrected chi connectivity index (χ2v) is 9.14. The van der Waals surface area contributed by atoms with Crippen LogP contribution in [-0.2, 0) is 27.3 Å². The van der Waals surface area contributed by atoms with Gasteiger partial charge in [-0.15, -0.1) is 0 Å². The van der Waals surface area contributed by atoms with Crippen LogP contribution < -0.4 is 16.4 Å². The van der Waals surface area contributed by atoms with E-state index in [1.54, 1.807) is 0 Å². The zero-order chi connectivity index (χ0) is 22.4. The Hall–Kier alpha value is -1.61. The highest BCUT2D eigenvalue weighted by molar-refractivity contribution is 7.80. The lowest BCUT2D eigenvalue weighted by Gasteiger charge is -2.40. The number of ether oxygens (including phenoxy) is 1. The summed E-state index contributed by atoms with van der Waals surface area (Å²) in [5, 5.41) is 6.54. The van der Waals surface area contributed by atoms with Crippen LogP contribution in [0.15, 0.2) is 24.3 Å². The number of hydrogen-bond donors (Lipinski definition) is 4. The molecule has 1 saturated heterocycles. The summed E-state index contributed by atoms with van der Waals surface area (Å²) < 4.78 is 5.02. The molecular formula is C23H36N4O3S. The molecule has 1 aromatic carbocycles. The van der Waals surface area contributed by atoms with E-state index in [-0.39, 0.29) is 30.0 Å². The summed E-state index contributed by atoms with van der Waals surface area (Å²) in [6.45, 7) is 6.90. The highest BCUT2D eigenvalue weighted by atomic mass is 32.1. The predicted octanol–water partition coefficient (Wildman–Crippen LogP) is 1.11. The molecule has 8 heteroatoms. The first-order valence-corrected chi connectivity index (χ1v) is 11.9. The average molecular weight is 449 g/mol. The smallest absolute Gasteiger partial charge is 0.328 e. The van der Waals surface area contributed by atoms with Gasteiger partial charge in [0.05, 0.1) is 12.6 Å². The summed E-state index contributed by atoms with van der Waals surface area (Å²) in [5.41, 5.74) is 8.52. The molecule has 0 saturated carbocycles. The van der Waals surface area contributed by atoms with Gasteiger partial charge in [0, 0.05) is 43.9 Å². The van der Waals surface area contributed by atoms with Crippen LogP contribution in [0.2, 0.25) is 0 Å². The quantitative estimate of drug-likeness (QED) is 0.316. The maximum atomic E-state index is 13.2. The average Bonchev–Trinajstić information content (AvgIpc) is 3.19. The Kier molecular flexibility index (Phi) is 8.77. The zero-order valence-electron chi connectivity index (χ0n) is 18.5. The van der Waals surface area contributed by atoms with E-state index in [0.29, 0.717) is 44.2 Å². The minimum absolute atomic E-state index is 0.00977. The first kappa shape index (κ1) is 24.0. The topological polar surface area (TPSA) is 96.7 Å². The molecule has 2 aliphatic rings. The van der Waals surface area contributed by atoms with Gasteiger partial charge in [-0.2, -0.15) is 12.6 Å². The van der Waals surface area contributed by atoms with Crippen molar-refractivity contribution >= 4 is 24.5 Å². The molecule has 2 aliphatic heterocycles. The fourth-order valence-corrected chi connectivity index (χ4v) is 4.40. The minimum atomic E-state index is -0.539. The van der Waals surface area contributed by atoms with Gasteiger partial charge in [-0.05, 0) is 23.5 Å². The normalized spacial score (nSPS) is 24.2. The number of hydrogen-bond acceptors (Lipinski definition) is 7. The highest BCUT2D eigenvalue weighted by Crippen LogP contribution is 2.25. The second kappa shape index (κ2) is 11.3. The van der Waals surface area contributed by atoms with Crippen LogP contribution in [0.5, 0.6) is 0 Å². The first-order valence-electron chi connectivity index (χ1n) is 11.3. The van der Waals surface area contributed by atoms with Gasteiger partial charge in [-0.1, -0.05) is 44.5 Å². The molecule has 5 atom stereocenters. The van der Waals surface area contributed by atoms with Gasteiger partial charge in [0.25, 0.3) is 0 Å². The number of cyclic esters (lactones) is 1. The Labute approximate surface area is 190 Å². The number of carbonyl (C=O) groups is 2. The molecule has 1 aromatic rings. The van der Waals surface area contributed by atoms with Gasteiger partial charge in [-0.25, -0.2) is 4.79 Å². The molecular weight excluding hydrogens is 412 g/mol. The van der Waals surface area contributed by atoms with Crippen molar-refractivity contribution in [1.29, 1.82) is 0 Å². The van der Waals surface area contributed by atoms with Crippen molar-refractivity contribution in [3.05, 3.63) is 35.4 Å². The Balaban J connectivity index is 1.77. The van der Waals surface area contributed by atoms with E-state index in [1.807, 2.05) is 12.1 Å². The van der Waals surface area contributed by atoms with Crippen LogP contribution in [0, 0.1) is 5.92 Å². The summed E-state index contributed by atoms with van der Waals surface area (Å²) in [6.07, 6.45) is 2.20. The molecule has 0 radical (unpaired) electrons. The summed E-state index contributed by atoms with van der Waals surface area (Å²) >= 11 is 4.29. The molecule has 0 aromatic heterocycles. The highest BCUT2D eigenvalue weighted by Gasteiger charge is 2.36. The number of benzene rings is 1. The SMILES string of the molecule is CCC(C)[C@@H](CN1Cc2ccccc2C[C@H]1C(=O)N[C@H]1CCOC1=O)NC[C@@H](N)CS. The van der Waals surface area contributed by atoms with E-state index in [0.717, 1.165) is 13.0 Å². The predicted molar refractivity (Wildman–Crippen MR) is 125 cm³/mol. The van der Waals surface area contributed by atoms with Crippen LogP contribution in [0.25, 0.3) is 0 Å². The zero-order valence-corrected chi connectivity index (χ0v) is 19.4. The lowest BCUT2D eigenvalue weighted by molar-refractivity contribution is -0.142. The van der Waals surface area contributed by atoms with Crippen molar-refractivity contribution in [3.8, 4) is 0 Å². The lowest BCUT2D eigenvalue weighted by Crippen LogP contribution is -2.57. The standard InChI is InChI=1S/C23H36N4O3S/c1-3-15(2)20(25-11-18(24)14-31)13-27-12-17-7-5-4-6-16(17)10-21(27)22(28)26-19-8-9-30-23(19)29/h4-7,15,18-21,25,31H,3,8-14,24H2,1-2H3,(H,26,28)/t15?,18-,19+,20-,21+/m1/s1. The van der Waals surface area contributed by atoms with Crippen molar-refractivity contribution in [1.82, 2.24) is 15.5 Å². The molecule has 1 unspecified atom stereocenters. The Morgan fingerprint density at radius 3 is 2.74 bits per heavy atom. The number of nitrogens with one attached hydrogen (secondary N) is 2. The molecule has 3 rings (SSSR count). The van der Waals surface area contributed by atoms with E-state index >= 15 is 0 Å². The van der Waals surface area contributed by atoms with E-state index in [1.165, 1.54) is 11.1 Å². The van der Waals surface area contributed by atoms with Gasteiger partial charge >= 0.3 is 5.97 Å². The van der Waals surface area contributed by atoms with E-state index in [4.69, 9.17) is 10.5 Å². The molecule has 0 aliphatic carbocycles. The summed E-state index contributed by atoms with van der Waals surface area (Å²) in [6, 6.07) is 7.61.